The van der Waals surface area contributed by atoms with E-state index in [1.165, 1.54) is 6.92 Å². The second-order valence-corrected chi connectivity index (χ2v) is 14.8. The van der Waals surface area contributed by atoms with Gasteiger partial charge >= 0.3 is 12.1 Å². The Balaban J connectivity index is 1.42. The Labute approximate surface area is 225 Å². The number of ether oxygens (including phenoxy) is 1. The van der Waals surface area contributed by atoms with Crippen molar-refractivity contribution in [2.45, 2.75) is 124 Å². The average molecular weight is 536 g/mol. The second-order valence-electron chi connectivity index (χ2n) is 14.8. The van der Waals surface area contributed by atoms with E-state index in [0.717, 1.165) is 57.8 Å². The first-order chi connectivity index (χ1) is 17.5. The molecule has 0 bridgehead atoms. The summed E-state index contributed by atoms with van der Waals surface area (Å²) < 4.78 is 44.4. The number of rotatable bonds is 5. The molecule has 5 aliphatic carbocycles. The fourth-order valence-corrected chi connectivity index (χ4v) is 11.7. The highest BCUT2D eigenvalue weighted by atomic mass is 19.4. The molecule has 0 aromatic rings. The molecule has 2 spiro atoms. The molecule has 0 aromatic carbocycles. The van der Waals surface area contributed by atoms with Crippen LogP contribution in [-0.4, -0.2) is 24.0 Å². The van der Waals surface area contributed by atoms with Gasteiger partial charge in [0.1, 0.15) is 6.10 Å². The van der Waals surface area contributed by atoms with E-state index < -0.39 is 29.2 Å². The zero-order valence-corrected chi connectivity index (χ0v) is 23.9. The molecule has 0 aliphatic heterocycles. The molecule has 5 rings (SSSR count). The van der Waals surface area contributed by atoms with Crippen LogP contribution in [0.3, 0.4) is 0 Å². The minimum Gasteiger partial charge on any atom is -0.462 e. The highest BCUT2D eigenvalue weighted by Gasteiger charge is 2.87. The zero-order valence-electron chi connectivity index (χ0n) is 23.9. The van der Waals surface area contributed by atoms with E-state index in [1.54, 1.807) is 0 Å². The number of carbonyl (C=O) groups excluding carboxylic acids is 2. The van der Waals surface area contributed by atoms with E-state index in [-0.39, 0.29) is 46.1 Å². The van der Waals surface area contributed by atoms with Crippen molar-refractivity contribution < 1.29 is 27.5 Å². The molecule has 4 nitrogen and oxygen atoms in total. The highest BCUT2D eigenvalue weighted by molar-refractivity contribution is 5.83. The lowest BCUT2D eigenvalue weighted by molar-refractivity contribution is -0.200. The summed E-state index contributed by atoms with van der Waals surface area (Å²) in [7, 11) is 0. The SMILES string of the molecule is CC(=O)OC1CCC23CC24CCC2(C)[C@@H]([C@H](C)CCC(=O)C(F)(F)F)CC[C@@]2(C)C4CCC3(C#N)C1(C)C. The summed E-state index contributed by atoms with van der Waals surface area (Å²) in [5.74, 6) is -1.03. The van der Waals surface area contributed by atoms with Crippen molar-refractivity contribution in [2.75, 3.05) is 0 Å². The summed E-state index contributed by atoms with van der Waals surface area (Å²) in [6.07, 6.45) is 3.60. The topological polar surface area (TPSA) is 67.2 Å². The van der Waals surface area contributed by atoms with Crippen molar-refractivity contribution >= 4 is 11.8 Å². The number of hydrogen-bond donors (Lipinski definition) is 0. The van der Waals surface area contributed by atoms with Crippen molar-refractivity contribution in [3.8, 4) is 6.07 Å². The Hall–Kier alpha value is -1.58. The third kappa shape index (κ3) is 3.21. The lowest BCUT2D eigenvalue weighted by atomic mass is 9.38. The number of hydrogen-bond acceptors (Lipinski definition) is 4. The van der Waals surface area contributed by atoms with Crippen LogP contribution in [0.1, 0.15) is 112 Å². The normalized spacial score (nSPS) is 47.4. The Morgan fingerprint density at radius 1 is 1.00 bits per heavy atom. The first kappa shape index (κ1) is 28.0. The molecule has 5 fully saturated rings. The number of halogens is 3. The monoisotopic (exact) mass is 535 g/mol. The van der Waals surface area contributed by atoms with Gasteiger partial charge in [-0.3, -0.25) is 9.59 Å². The quantitative estimate of drug-likeness (QED) is 0.337. The molecule has 0 aromatic heterocycles. The van der Waals surface area contributed by atoms with E-state index >= 15 is 0 Å². The van der Waals surface area contributed by atoms with E-state index in [1.807, 2.05) is 0 Å². The molecule has 0 saturated heterocycles. The number of nitrogens with zero attached hydrogens (tertiary/aromatic N) is 1. The van der Waals surface area contributed by atoms with Crippen molar-refractivity contribution in [1.82, 2.24) is 0 Å². The largest absolute Gasteiger partial charge is 0.462 e. The van der Waals surface area contributed by atoms with Gasteiger partial charge in [-0.25, -0.2) is 0 Å². The van der Waals surface area contributed by atoms with Crippen molar-refractivity contribution in [3.63, 3.8) is 0 Å². The van der Waals surface area contributed by atoms with E-state index in [0.29, 0.717) is 11.8 Å². The van der Waals surface area contributed by atoms with Gasteiger partial charge in [0, 0.05) is 18.8 Å². The number of carbonyl (C=O) groups is 2. The van der Waals surface area contributed by atoms with Gasteiger partial charge in [-0.1, -0.05) is 34.6 Å². The maximum Gasteiger partial charge on any atom is 0.449 e. The standard InChI is InChI=1S/C31H44F3NO3/c1-19(7-8-23(37)31(32,33)34)21-9-12-27(6)22-10-13-30(18-35)25(3,4)24(38-20(2)36)11-14-29(30)17-28(22,29)16-15-26(21,27)5/h19,21-22,24H,7-17H2,1-6H3/t19-,21-,22?,24?,26?,27+,28?,29?,30?/m1/s1. The molecule has 6 unspecified atom stereocenters. The molecular formula is C31H44F3NO3. The number of ketones is 1. The predicted octanol–water partition coefficient (Wildman–Crippen LogP) is 7.80. The van der Waals surface area contributed by atoms with Gasteiger partial charge in [0.2, 0.25) is 5.78 Å². The van der Waals surface area contributed by atoms with Gasteiger partial charge in [-0.05, 0) is 104 Å². The van der Waals surface area contributed by atoms with Crippen LogP contribution < -0.4 is 0 Å². The molecule has 5 saturated carbocycles. The number of Topliss-reactive ketones (excluding diaryl/α,β-unsaturated/α-hetero) is 1. The third-order valence-corrected chi connectivity index (χ3v) is 13.8. The number of nitriles is 1. The summed E-state index contributed by atoms with van der Waals surface area (Å²) in [5, 5.41) is 10.8. The summed E-state index contributed by atoms with van der Waals surface area (Å²) in [4.78, 5) is 23.5. The minimum absolute atomic E-state index is 0.0184. The van der Waals surface area contributed by atoms with E-state index in [9.17, 15) is 28.0 Å². The molecule has 0 radical (unpaired) electrons. The number of alkyl halides is 3. The fraction of sp³-hybridized carbons (Fsp3) is 0.903. The van der Waals surface area contributed by atoms with Crippen molar-refractivity contribution in [3.05, 3.63) is 0 Å². The smallest absolute Gasteiger partial charge is 0.449 e. The van der Waals surface area contributed by atoms with Gasteiger partial charge in [0.05, 0.1) is 11.5 Å². The van der Waals surface area contributed by atoms with Crippen LogP contribution in [0, 0.1) is 61.6 Å². The number of fused-ring (bicyclic) bond motifs is 2. The summed E-state index contributed by atoms with van der Waals surface area (Å²) in [5.41, 5.74) is -0.796. The van der Waals surface area contributed by atoms with Gasteiger partial charge in [-0.15, -0.1) is 0 Å². The van der Waals surface area contributed by atoms with Crippen molar-refractivity contribution in [2.24, 2.45) is 50.2 Å². The molecule has 7 heteroatoms. The first-order valence-electron chi connectivity index (χ1n) is 14.7. The zero-order chi connectivity index (χ0) is 28.2. The summed E-state index contributed by atoms with van der Waals surface area (Å²) >= 11 is 0. The highest BCUT2D eigenvalue weighted by Crippen LogP contribution is 2.92. The lowest BCUT2D eigenvalue weighted by Gasteiger charge is -2.65. The van der Waals surface area contributed by atoms with Gasteiger partial charge in [-0.2, -0.15) is 18.4 Å². The van der Waals surface area contributed by atoms with Crippen LogP contribution >= 0.6 is 0 Å². The maximum absolute atomic E-state index is 12.9. The Bertz CT molecular complexity index is 1080. The minimum atomic E-state index is -4.75. The lowest BCUT2D eigenvalue weighted by Crippen LogP contribution is -2.62. The van der Waals surface area contributed by atoms with Gasteiger partial charge < -0.3 is 4.74 Å². The second kappa shape index (κ2) is 8.23. The Morgan fingerprint density at radius 2 is 1.68 bits per heavy atom. The predicted molar refractivity (Wildman–Crippen MR) is 136 cm³/mol. The Kier molecular flexibility index (Phi) is 6.05. The first-order valence-corrected chi connectivity index (χ1v) is 14.7. The molecule has 38 heavy (non-hydrogen) atoms. The molecule has 5 aliphatic rings. The molecular weight excluding hydrogens is 491 g/mol. The van der Waals surface area contributed by atoms with Crippen LogP contribution in [0.15, 0.2) is 0 Å². The molecule has 212 valence electrons. The summed E-state index contributed by atoms with van der Waals surface area (Å²) in [6, 6.07) is 2.86. The molecule has 0 amide bonds. The Morgan fingerprint density at radius 3 is 2.29 bits per heavy atom. The van der Waals surface area contributed by atoms with E-state index in [2.05, 4.69) is 40.7 Å². The van der Waals surface area contributed by atoms with Gasteiger partial charge in [0.25, 0.3) is 0 Å². The van der Waals surface area contributed by atoms with Crippen molar-refractivity contribution in [1.29, 1.82) is 5.26 Å². The average Bonchev–Trinajstić information content (AvgIpc) is 3.41. The van der Waals surface area contributed by atoms with Crippen LogP contribution in [0.4, 0.5) is 13.2 Å². The van der Waals surface area contributed by atoms with E-state index in [4.69, 9.17) is 4.74 Å². The van der Waals surface area contributed by atoms with Crippen LogP contribution in [0.2, 0.25) is 0 Å². The number of esters is 1. The van der Waals surface area contributed by atoms with Crippen LogP contribution in [0.5, 0.6) is 0 Å². The third-order valence-electron chi connectivity index (χ3n) is 13.8. The van der Waals surface area contributed by atoms with Gasteiger partial charge in [0.15, 0.2) is 0 Å². The maximum atomic E-state index is 12.9. The van der Waals surface area contributed by atoms with Crippen LogP contribution in [-0.2, 0) is 14.3 Å². The van der Waals surface area contributed by atoms with Crippen LogP contribution in [0.25, 0.3) is 0 Å². The molecule has 0 N–H and O–H groups in total. The summed E-state index contributed by atoms with van der Waals surface area (Å²) in [6.45, 7) is 12.6. The fourth-order valence-electron chi connectivity index (χ4n) is 11.7. The molecule has 0 heterocycles. The molecule has 9 atom stereocenters.